The molecule has 0 aliphatic rings. The second-order valence-electron chi connectivity index (χ2n) is 2.82. The highest BCUT2D eigenvalue weighted by atomic mass is 32.1. The van der Waals surface area contributed by atoms with Crippen LogP contribution < -0.4 is 4.74 Å². The molecule has 0 N–H and O–H groups in total. The van der Waals surface area contributed by atoms with Crippen molar-refractivity contribution < 1.29 is 13.5 Å². The van der Waals surface area contributed by atoms with E-state index in [9.17, 15) is 8.78 Å². The SMILES string of the molecule is Fc1ccc(COc2nccs2)c(F)c1. The summed E-state index contributed by atoms with van der Waals surface area (Å²) in [5.74, 6) is -1.20. The Bertz CT molecular complexity index is 445. The predicted octanol–water partition coefficient (Wildman–Crippen LogP) is 3.00. The van der Waals surface area contributed by atoms with Crippen LogP contribution in [0.3, 0.4) is 0 Å². The number of benzene rings is 1. The van der Waals surface area contributed by atoms with Gasteiger partial charge in [-0.15, -0.1) is 0 Å². The first-order valence-electron chi connectivity index (χ1n) is 4.22. The van der Waals surface area contributed by atoms with Gasteiger partial charge in [-0.3, -0.25) is 0 Å². The summed E-state index contributed by atoms with van der Waals surface area (Å²) in [6.45, 7) is 0.0552. The molecule has 0 amide bonds. The fourth-order valence-corrected chi connectivity index (χ4v) is 1.55. The van der Waals surface area contributed by atoms with Crippen LogP contribution in [-0.4, -0.2) is 4.98 Å². The monoisotopic (exact) mass is 227 g/mol. The van der Waals surface area contributed by atoms with Crippen molar-refractivity contribution in [2.75, 3.05) is 0 Å². The van der Waals surface area contributed by atoms with Gasteiger partial charge in [0.1, 0.15) is 18.2 Å². The molecule has 15 heavy (non-hydrogen) atoms. The molecule has 0 saturated carbocycles. The number of ether oxygens (including phenoxy) is 1. The minimum atomic E-state index is -0.605. The highest BCUT2D eigenvalue weighted by Gasteiger charge is 2.05. The normalized spacial score (nSPS) is 10.3. The van der Waals surface area contributed by atoms with Crippen molar-refractivity contribution in [1.82, 2.24) is 4.98 Å². The topological polar surface area (TPSA) is 22.1 Å². The van der Waals surface area contributed by atoms with Crippen LogP contribution in [0.25, 0.3) is 0 Å². The van der Waals surface area contributed by atoms with Crippen LogP contribution in [0.2, 0.25) is 0 Å². The van der Waals surface area contributed by atoms with Gasteiger partial charge < -0.3 is 4.74 Å². The molecule has 78 valence electrons. The van der Waals surface area contributed by atoms with E-state index >= 15 is 0 Å². The van der Waals surface area contributed by atoms with Crippen LogP contribution >= 0.6 is 11.3 Å². The third-order valence-electron chi connectivity index (χ3n) is 1.78. The van der Waals surface area contributed by atoms with Crippen LogP contribution in [0.4, 0.5) is 8.78 Å². The van der Waals surface area contributed by atoms with Gasteiger partial charge in [0.15, 0.2) is 0 Å². The highest BCUT2D eigenvalue weighted by molar-refractivity contribution is 7.11. The van der Waals surface area contributed by atoms with Crippen molar-refractivity contribution in [2.45, 2.75) is 6.61 Å². The molecule has 0 aliphatic heterocycles. The second-order valence-corrected chi connectivity index (χ2v) is 3.68. The molecule has 0 aliphatic carbocycles. The van der Waals surface area contributed by atoms with Gasteiger partial charge >= 0.3 is 0 Å². The molecular weight excluding hydrogens is 220 g/mol. The van der Waals surface area contributed by atoms with Crippen molar-refractivity contribution in [3.63, 3.8) is 0 Å². The summed E-state index contributed by atoms with van der Waals surface area (Å²) < 4.78 is 30.9. The minimum absolute atomic E-state index is 0.0552. The Labute approximate surface area is 89.2 Å². The first-order chi connectivity index (χ1) is 7.25. The molecule has 1 aromatic heterocycles. The number of nitrogens with zero attached hydrogens (tertiary/aromatic N) is 1. The van der Waals surface area contributed by atoms with E-state index in [1.165, 1.54) is 23.5 Å². The van der Waals surface area contributed by atoms with Gasteiger partial charge in [0.05, 0.1) is 0 Å². The quantitative estimate of drug-likeness (QED) is 0.804. The molecule has 0 fully saturated rings. The summed E-state index contributed by atoms with van der Waals surface area (Å²) in [6, 6.07) is 3.39. The Hall–Kier alpha value is -1.49. The molecule has 0 unspecified atom stereocenters. The van der Waals surface area contributed by atoms with E-state index in [0.29, 0.717) is 10.8 Å². The van der Waals surface area contributed by atoms with E-state index in [1.54, 1.807) is 11.6 Å². The summed E-state index contributed by atoms with van der Waals surface area (Å²) >= 11 is 1.32. The lowest BCUT2D eigenvalue weighted by molar-refractivity contribution is 0.298. The zero-order valence-corrected chi connectivity index (χ0v) is 8.43. The predicted molar refractivity (Wildman–Crippen MR) is 52.8 cm³/mol. The van der Waals surface area contributed by atoms with Crippen LogP contribution in [-0.2, 0) is 6.61 Å². The lowest BCUT2D eigenvalue weighted by atomic mass is 10.2. The fraction of sp³-hybridized carbons (Fsp3) is 0.100. The third kappa shape index (κ3) is 2.50. The Balaban J connectivity index is 2.05. The number of thiazole rings is 1. The van der Waals surface area contributed by atoms with Gasteiger partial charge in [0.25, 0.3) is 5.19 Å². The van der Waals surface area contributed by atoms with Crippen LogP contribution in [0.15, 0.2) is 29.8 Å². The number of halogens is 2. The average molecular weight is 227 g/mol. The molecule has 0 atom stereocenters. The van der Waals surface area contributed by atoms with Crippen molar-refractivity contribution >= 4 is 11.3 Å². The van der Waals surface area contributed by atoms with E-state index in [2.05, 4.69) is 4.98 Å². The van der Waals surface area contributed by atoms with Crippen molar-refractivity contribution in [3.05, 3.63) is 47.0 Å². The van der Waals surface area contributed by atoms with Gasteiger partial charge in [0.2, 0.25) is 0 Å². The maximum absolute atomic E-state index is 13.1. The van der Waals surface area contributed by atoms with E-state index < -0.39 is 11.6 Å². The zero-order chi connectivity index (χ0) is 10.7. The standard InChI is InChI=1S/C10H7F2NOS/c11-8-2-1-7(9(12)5-8)6-14-10-13-3-4-15-10/h1-5H,6H2. The van der Waals surface area contributed by atoms with E-state index in [-0.39, 0.29) is 6.61 Å². The minimum Gasteiger partial charge on any atom is -0.465 e. The third-order valence-corrected chi connectivity index (χ3v) is 2.46. The molecule has 5 heteroatoms. The maximum atomic E-state index is 13.1. The van der Waals surface area contributed by atoms with Gasteiger partial charge in [-0.2, -0.15) is 0 Å². The zero-order valence-electron chi connectivity index (χ0n) is 7.61. The Morgan fingerprint density at radius 1 is 1.33 bits per heavy atom. The molecule has 0 bridgehead atoms. The Morgan fingerprint density at radius 3 is 2.87 bits per heavy atom. The molecule has 2 rings (SSSR count). The number of aromatic nitrogens is 1. The summed E-state index contributed by atoms with van der Waals surface area (Å²) in [5.41, 5.74) is 0.312. The van der Waals surface area contributed by atoms with E-state index in [0.717, 1.165) is 6.07 Å². The summed E-state index contributed by atoms with van der Waals surface area (Å²) in [6.07, 6.45) is 1.60. The molecule has 0 spiro atoms. The van der Waals surface area contributed by atoms with E-state index in [4.69, 9.17) is 4.74 Å². The van der Waals surface area contributed by atoms with Gasteiger partial charge in [0, 0.05) is 23.2 Å². The summed E-state index contributed by atoms with van der Waals surface area (Å²) in [5, 5.41) is 2.23. The summed E-state index contributed by atoms with van der Waals surface area (Å²) in [4.78, 5) is 3.88. The molecule has 1 aromatic carbocycles. The summed E-state index contributed by atoms with van der Waals surface area (Å²) in [7, 11) is 0. The fourth-order valence-electron chi connectivity index (χ4n) is 1.06. The van der Waals surface area contributed by atoms with Crippen molar-refractivity contribution in [1.29, 1.82) is 0 Å². The molecular formula is C10H7F2NOS. The molecule has 1 heterocycles. The van der Waals surface area contributed by atoms with Gasteiger partial charge in [-0.1, -0.05) is 11.3 Å². The van der Waals surface area contributed by atoms with Crippen LogP contribution in [0, 0.1) is 11.6 Å². The van der Waals surface area contributed by atoms with Crippen molar-refractivity contribution in [3.8, 4) is 5.19 Å². The highest BCUT2D eigenvalue weighted by Crippen LogP contribution is 2.17. The van der Waals surface area contributed by atoms with Crippen molar-refractivity contribution in [2.24, 2.45) is 0 Å². The van der Waals surface area contributed by atoms with Crippen LogP contribution in [0.5, 0.6) is 5.19 Å². The number of hydrogen-bond acceptors (Lipinski definition) is 3. The molecule has 2 nitrogen and oxygen atoms in total. The van der Waals surface area contributed by atoms with Gasteiger partial charge in [-0.05, 0) is 12.1 Å². The number of hydrogen-bond donors (Lipinski definition) is 0. The maximum Gasteiger partial charge on any atom is 0.273 e. The Kier molecular flexibility index (Phi) is 2.91. The van der Waals surface area contributed by atoms with Gasteiger partial charge in [-0.25, -0.2) is 13.8 Å². The lowest BCUT2D eigenvalue weighted by Crippen LogP contribution is -1.98. The van der Waals surface area contributed by atoms with Crippen LogP contribution in [0.1, 0.15) is 5.56 Å². The number of rotatable bonds is 3. The Morgan fingerprint density at radius 2 is 2.20 bits per heavy atom. The second kappa shape index (κ2) is 4.35. The molecule has 0 saturated heterocycles. The van der Waals surface area contributed by atoms with E-state index in [1.807, 2.05) is 0 Å². The lowest BCUT2D eigenvalue weighted by Gasteiger charge is -2.03. The smallest absolute Gasteiger partial charge is 0.273 e. The molecule has 2 aromatic rings. The first-order valence-corrected chi connectivity index (χ1v) is 5.10. The first kappa shape index (κ1) is 10.0. The average Bonchev–Trinajstić information content (AvgIpc) is 2.69. The molecule has 0 radical (unpaired) electrons. The largest absolute Gasteiger partial charge is 0.465 e.